The number of pyridine rings is 1. The van der Waals surface area contributed by atoms with Crippen molar-refractivity contribution >= 4 is 34.3 Å². The molecule has 2 heterocycles. The van der Waals surface area contributed by atoms with Crippen LogP contribution >= 0.6 is 23.4 Å². The first-order valence-corrected chi connectivity index (χ1v) is 10.3. The number of fused-ring (bicyclic) bond motifs is 1. The Hall–Kier alpha value is -2.37. The second-order valence-electron chi connectivity index (χ2n) is 6.68. The van der Waals surface area contributed by atoms with Crippen molar-refractivity contribution in [3.05, 3.63) is 77.2 Å². The number of halogens is 1. The summed E-state index contributed by atoms with van der Waals surface area (Å²) in [5, 5.41) is 11.7. The Kier molecular flexibility index (Phi) is 4.34. The van der Waals surface area contributed by atoms with Crippen LogP contribution in [-0.2, 0) is 5.75 Å². The minimum Gasteiger partial charge on any atom is -0.274 e. The van der Waals surface area contributed by atoms with Gasteiger partial charge < -0.3 is 0 Å². The van der Waals surface area contributed by atoms with E-state index >= 15 is 0 Å². The van der Waals surface area contributed by atoms with Crippen LogP contribution in [0.25, 0.3) is 16.6 Å². The molecule has 0 bridgehead atoms. The van der Waals surface area contributed by atoms with Gasteiger partial charge in [-0.1, -0.05) is 53.7 Å². The van der Waals surface area contributed by atoms with E-state index in [2.05, 4.69) is 37.9 Å². The Morgan fingerprint density at radius 1 is 1.00 bits per heavy atom. The van der Waals surface area contributed by atoms with Gasteiger partial charge in [-0.05, 0) is 37.1 Å². The number of benzene rings is 2. The molecule has 0 saturated heterocycles. The van der Waals surface area contributed by atoms with Crippen molar-refractivity contribution in [3.63, 3.8) is 0 Å². The molecule has 0 spiro atoms. The van der Waals surface area contributed by atoms with Crippen LogP contribution in [0, 0.1) is 0 Å². The van der Waals surface area contributed by atoms with Crippen LogP contribution in [0.1, 0.15) is 30.1 Å². The molecule has 27 heavy (non-hydrogen) atoms. The molecule has 0 radical (unpaired) electrons. The summed E-state index contributed by atoms with van der Waals surface area (Å²) in [5.41, 5.74) is 3.09. The van der Waals surface area contributed by atoms with Crippen LogP contribution in [0.5, 0.6) is 0 Å². The molecule has 1 saturated carbocycles. The minimum absolute atomic E-state index is 0.523. The standard InChI is InChI=1S/C21H17ClN4S/c22-18-11-10-14-5-4-12-23-19(14)17(18)13-27-21-25-24-20(15-8-9-15)26(21)16-6-2-1-3-7-16/h1-7,10-12,15H,8-9,13H2. The average Bonchev–Trinajstić information content (AvgIpc) is 3.47. The molecular weight excluding hydrogens is 376 g/mol. The predicted molar refractivity (Wildman–Crippen MR) is 110 cm³/mol. The van der Waals surface area contributed by atoms with E-state index < -0.39 is 0 Å². The Morgan fingerprint density at radius 3 is 2.67 bits per heavy atom. The highest BCUT2D eigenvalue weighted by atomic mass is 35.5. The van der Waals surface area contributed by atoms with Gasteiger partial charge in [-0.2, -0.15) is 0 Å². The number of nitrogens with zero attached hydrogens (tertiary/aromatic N) is 4. The summed E-state index contributed by atoms with van der Waals surface area (Å²) in [6, 6.07) is 18.3. The smallest absolute Gasteiger partial charge is 0.196 e. The molecule has 4 nitrogen and oxygen atoms in total. The van der Waals surface area contributed by atoms with Crippen LogP contribution < -0.4 is 0 Å². The molecule has 6 heteroatoms. The van der Waals surface area contributed by atoms with Crippen molar-refractivity contribution < 1.29 is 0 Å². The van der Waals surface area contributed by atoms with E-state index in [4.69, 9.17) is 11.6 Å². The summed E-state index contributed by atoms with van der Waals surface area (Å²) in [5.74, 6) is 2.28. The zero-order valence-corrected chi connectivity index (χ0v) is 16.1. The summed E-state index contributed by atoms with van der Waals surface area (Å²) in [7, 11) is 0. The van der Waals surface area contributed by atoms with Gasteiger partial charge in [0.2, 0.25) is 0 Å². The maximum Gasteiger partial charge on any atom is 0.196 e. The van der Waals surface area contributed by atoms with Gasteiger partial charge in [0, 0.05) is 39.5 Å². The lowest BCUT2D eigenvalue weighted by Gasteiger charge is -2.11. The maximum absolute atomic E-state index is 6.50. The molecule has 0 unspecified atom stereocenters. The van der Waals surface area contributed by atoms with Gasteiger partial charge in [0.05, 0.1) is 5.52 Å². The monoisotopic (exact) mass is 392 g/mol. The fraction of sp³-hybridized carbons (Fsp3) is 0.190. The number of para-hydroxylation sites is 1. The first kappa shape index (κ1) is 16.8. The molecule has 0 atom stereocenters. The fourth-order valence-electron chi connectivity index (χ4n) is 3.26. The summed E-state index contributed by atoms with van der Waals surface area (Å²) in [4.78, 5) is 4.54. The molecule has 134 valence electrons. The van der Waals surface area contributed by atoms with E-state index in [1.54, 1.807) is 11.8 Å². The van der Waals surface area contributed by atoms with Crippen molar-refractivity contribution in [3.8, 4) is 5.69 Å². The molecule has 2 aromatic heterocycles. The van der Waals surface area contributed by atoms with Gasteiger partial charge in [0.1, 0.15) is 5.82 Å². The predicted octanol–water partition coefficient (Wildman–Crippen LogP) is 5.64. The van der Waals surface area contributed by atoms with E-state index in [-0.39, 0.29) is 0 Å². The third kappa shape index (κ3) is 3.22. The molecule has 1 aliphatic carbocycles. The van der Waals surface area contributed by atoms with E-state index in [0.717, 1.165) is 38.2 Å². The van der Waals surface area contributed by atoms with Crippen LogP contribution in [0.2, 0.25) is 5.02 Å². The first-order valence-electron chi connectivity index (χ1n) is 8.97. The van der Waals surface area contributed by atoms with Crippen molar-refractivity contribution in [2.75, 3.05) is 0 Å². The lowest BCUT2D eigenvalue weighted by molar-refractivity contribution is 0.829. The van der Waals surface area contributed by atoms with Crippen molar-refractivity contribution in [2.45, 2.75) is 29.7 Å². The summed E-state index contributed by atoms with van der Waals surface area (Å²) < 4.78 is 2.19. The molecule has 1 aliphatic rings. The second kappa shape index (κ2) is 6.98. The molecule has 2 aromatic carbocycles. The molecule has 0 N–H and O–H groups in total. The highest BCUT2D eigenvalue weighted by molar-refractivity contribution is 7.98. The third-order valence-electron chi connectivity index (χ3n) is 4.78. The lowest BCUT2D eigenvalue weighted by Crippen LogP contribution is -2.01. The van der Waals surface area contributed by atoms with Crippen molar-refractivity contribution in [2.24, 2.45) is 0 Å². The highest BCUT2D eigenvalue weighted by Gasteiger charge is 2.31. The quantitative estimate of drug-likeness (QED) is 0.412. The Labute approximate surface area is 166 Å². The average molecular weight is 393 g/mol. The molecular formula is C21H17ClN4S. The first-order chi connectivity index (χ1) is 13.3. The number of aromatic nitrogens is 4. The van der Waals surface area contributed by atoms with E-state index in [1.165, 1.54) is 12.8 Å². The molecule has 0 aliphatic heterocycles. The van der Waals surface area contributed by atoms with E-state index in [1.807, 2.05) is 42.6 Å². The summed E-state index contributed by atoms with van der Waals surface area (Å²) >= 11 is 8.15. The lowest BCUT2D eigenvalue weighted by atomic mass is 10.1. The van der Waals surface area contributed by atoms with Crippen LogP contribution in [-0.4, -0.2) is 19.7 Å². The topological polar surface area (TPSA) is 43.6 Å². The van der Waals surface area contributed by atoms with Gasteiger partial charge in [0.15, 0.2) is 5.16 Å². The van der Waals surface area contributed by atoms with Crippen molar-refractivity contribution in [1.29, 1.82) is 0 Å². The molecule has 1 fully saturated rings. The van der Waals surface area contributed by atoms with Gasteiger partial charge in [-0.25, -0.2) is 0 Å². The van der Waals surface area contributed by atoms with Crippen LogP contribution in [0.3, 0.4) is 0 Å². The second-order valence-corrected chi connectivity index (χ2v) is 8.03. The Morgan fingerprint density at radius 2 is 1.85 bits per heavy atom. The SMILES string of the molecule is Clc1ccc2cccnc2c1CSc1nnc(C2CC2)n1-c1ccccc1. The number of hydrogen-bond donors (Lipinski definition) is 0. The van der Waals surface area contributed by atoms with Crippen LogP contribution in [0.4, 0.5) is 0 Å². The zero-order valence-electron chi connectivity index (χ0n) is 14.5. The zero-order chi connectivity index (χ0) is 18.2. The largest absolute Gasteiger partial charge is 0.274 e. The normalized spacial score (nSPS) is 14.0. The van der Waals surface area contributed by atoms with E-state index in [9.17, 15) is 0 Å². The van der Waals surface area contributed by atoms with Gasteiger partial charge in [-0.15, -0.1) is 10.2 Å². The van der Waals surface area contributed by atoms with Gasteiger partial charge >= 0.3 is 0 Å². The highest BCUT2D eigenvalue weighted by Crippen LogP contribution is 2.41. The number of rotatable bonds is 5. The third-order valence-corrected chi connectivity index (χ3v) is 6.09. The molecule has 5 rings (SSSR count). The number of hydrogen-bond acceptors (Lipinski definition) is 4. The summed E-state index contributed by atoms with van der Waals surface area (Å²) in [6.07, 6.45) is 4.19. The number of thioether (sulfide) groups is 1. The van der Waals surface area contributed by atoms with E-state index in [0.29, 0.717) is 11.7 Å². The maximum atomic E-state index is 6.50. The Bertz CT molecular complexity index is 1110. The molecule has 4 aromatic rings. The molecule has 0 amide bonds. The van der Waals surface area contributed by atoms with Crippen molar-refractivity contribution in [1.82, 2.24) is 19.7 Å². The minimum atomic E-state index is 0.523. The van der Waals surface area contributed by atoms with Gasteiger partial charge in [0.25, 0.3) is 0 Å². The summed E-state index contributed by atoms with van der Waals surface area (Å²) in [6.45, 7) is 0. The Balaban J connectivity index is 1.52. The van der Waals surface area contributed by atoms with Crippen LogP contribution in [0.15, 0.2) is 66.0 Å². The fourth-order valence-corrected chi connectivity index (χ4v) is 4.55. The van der Waals surface area contributed by atoms with Gasteiger partial charge in [-0.3, -0.25) is 9.55 Å².